The van der Waals surface area contributed by atoms with Gasteiger partial charge in [0.05, 0.1) is 32.9 Å². The second kappa shape index (κ2) is 10.1. The van der Waals surface area contributed by atoms with Crippen LogP contribution in [-0.2, 0) is 9.53 Å². The van der Waals surface area contributed by atoms with Gasteiger partial charge in [-0.25, -0.2) is 9.79 Å². The van der Waals surface area contributed by atoms with E-state index in [9.17, 15) is 14.7 Å². The number of nitrogens with zero attached hydrogens (tertiary/aromatic N) is 2. The average Bonchev–Trinajstić information content (AvgIpc) is 3.10. The van der Waals surface area contributed by atoms with Crippen molar-refractivity contribution in [2.75, 3.05) is 12.9 Å². The third kappa shape index (κ3) is 4.62. The van der Waals surface area contributed by atoms with Crippen LogP contribution < -0.4 is 14.9 Å². The van der Waals surface area contributed by atoms with E-state index >= 15 is 0 Å². The number of thiazole rings is 1. The number of esters is 1. The van der Waals surface area contributed by atoms with E-state index in [0.29, 0.717) is 35.7 Å². The number of thioether (sulfide) groups is 1. The first-order chi connectivity index (χ1) is 16.2. The topological polar surface area (TPSA) is 80.9 Å². The monoisotopic (exact) mass is 578 g/mol. The highest BCUT2D eigenvalue weighted by atomic mass is 79.9. The van der Waals surface area contributed by atoms with Crippen LogP contribution in [0, 0.1) is 0 Å². The average molecular weight is 580 g/mol. The molecule has 3 aromatic rings. The van der Waals surface area contributed by atoms with Crippen molar-refractivity contribution in [3.63, 3.8) is 0 Å². The van der Waals surface area contributed by atoms with Gasteiger partial charge in [0, 0.05) is 15.5 Å². The first-order valence-corrected chi connectivity index (χ1v) is 13.5. The molecule has 1 atom stereocenters. The number of phenols is 1. The summed E-state index contributed by atoms with van der Waals surface area (Å²) < 4.78 is 7.60. The summed E-state index contributed by atoms with van der Waals surface area (Å²) in [7, 11) is 0. The molecule has 0 amide bonds. The highest BCUT2D eigenvalue weighted by Crippen LogP contribution is 2.33. The fourth-order valence-electron chi connectivity index (χ4n) is 3.73. The largest absolute Gasteiger partial charge is 0.506 e. The van der Waals surface area contributed by atoms with Crippen molar-refractivity contribution in [3.05, 3.63) is 88.0 Å². The Hall–Kier alpha value is -2.33. The number of carbonyl (C=O) groups is 1. The zero-order chi connectivity index (χ0) is 24.6. The molecular weight excluding hydrogens is 560 g/mol. The summed E-state index contributed by atoms with van der Waals surface area (Å²) in [5, 5.41) is 10.8. The molecule has 1 N–H and O–H groups in total. The number of carbonyl (C=O) groups excluding carboxylic acids is 1. The molecule has 0 unspecified atom stereocenters. The fourth-order valence-corrected chi connectivity index (χ4v) is 6.01. The summed E-state index contributed by atoms with van der Waals surface area (Å²) in [6, 6.07) is 10.2. The second-order valence-corrected chi connectivity index (χ2v) is 10.6. The molecule has 0 saturated carbocycles. The minimum absolute atomic E-state index is 0.0252. The van der Waals surface area contributed by atoms with Gasteiger partial charge in [-0.3, -0.25) is 9.36 Å². The number of hydrogen-bond acceptors (Lipinski definition) is 7. The van der Waals surface area contributed by atoms with Gasteiger partial charge in [0.25, 0.3) is 5.56 Å². The van der Waals surface area contributed by atoms with Gasteiger partial charge in [0.15, 0.2) is 4.80 Å². The van der Waals surface area contributed by atoms with Gasteiger partial charge in [-0.1, -0.05) is 35.1 Å². The third-order valence-electron chi connectivity index (χ3n) is 5.29. The van der Waals surface area contributed by atoms with E-state index in [1.54, 1.807) is 43.8 Å². The van der Waals surface area contributed by atoms with Crippen LogP contribution in [-0.4, -0.2) is 28.5 Å². The molecule has 34 heavy (non-hydrogen) atoms. The molecule has 0 saturated heterocycles. The number of hydrogen-bond donors (Lipinski definition) is 1. The van der Waals surface area contributed by atoms with E-state index in [1.807, 2.05) is 30.5 Å². The molecule has 6 nitrogen and oxygen atoms in total. The Morgan fingerprint density at radius 3 is 2.71 bits per heavy atom. The summed E-state index contributed by atoms with van der Waals surface area (Å²) >= 11 is 12.2. The van der Waals surface area contributed by atoms with Crippen LogP contribution in [0.25, 0.3) is 6.08 Å². The summed E-state index contributed by atoms with van der Waals surface area (Å²) in [5.74, 6) is -0.531. The molecule has 1 aliphatic rings. The molecule has 2 aromatic carbocycles. The van der Waals surface area contributed by atoms with E-state index in [0.717, 1.165) is 10.5 Å². The van der Waals surface area contributed by atoms with Crippen LogP contribution in [0.1, 0.15) is 31.0 Å². The molecule has 1 aliphatic heterocycles. The lowest BCUT2D eigenvalue weighted by Crippen LogP contribution is -2.39. The fraction of sp³-hybridized carbons (Fsp3) is 0.208. The first-order valence-electron chi connectivity index (χ1n) is 10.3. The summed E-state index contributed by atoms with van der Waals surface area (Å²) in [4.78, 5) is 32.6. The Morgan fingerprint density at radius 2 is 2.06 bits per heavy atom. The van der Waals surface area contributed by atoms with Crippen molar-refractivity contribution in [3.8, 4) is 5.75 Å². The van der Waals surface area contributed by atoms with Crippen molar-refractivity contribution >= 4 is 62.7 Å². The maximum Gasteiger partial charge on any atom is 0.338 e. The third-order valence-corrected chi connectivity index (χ3v) is 7.84. The molecule has 0 aliphatic carbocycles. The molecule has 0 fully saturated rings. The van der Waals surface area contributed by atoms with Crippen molar-refractivity contribution in [1.29, 1.82) is 0 Å². The van der Waals surface area contributed by atoms with Crippen LogP contribution in [0.2, 0.25) is 5.02 Å². The molecule has 4 rings (SSSR count). The quantitative estimate of drug-likeness (QED) is 0.352. The Labute approximate surface area is 217 Å². The Bertz CT molecular complexity index is 1490. The smallest absolute Gasteiger partial charge is 0.338 e. The SMILES string of the molecule is CCOC(=O)C1=C(C)N=c2s/c(=C\c3cc(Cl)cc(Br)c3O)c(=O)n2[C@H]1c1ccc(SC)cc1. The molecule has 1 aromatic heterocycles. The van der Waals surface area contributed by atoms with Gasteiger partial charge < -0.3 is 9.84 Å². The number of rotatable bonds is 5. The molecule has 0 radical (unpaired) electrons. The van der Waals surface area contributed by atoms with E-state index in [1.165, 1.54) is 15.9 Å². The zero-order valence-corrected chi connectivity index (χ0v) is 22.4. The molecule has 10 heteroatoms. The Kier molecular flexibility index (Phi) is 7.37. The molecule has 0 spiro atoms. The van der Waals surface area contributed by atoms with Gasteiger partial charge in [-0.2, -0.15) is 0 Å². The number of aromatic nitrogens is 1. The van der Waals surface area contributed by atoms with Crippen LogP contribution in [0.3, 0.4) is 0 Å². The summed E-state index contributed by atoms with van der Waals surface area (Å²) in [6.45, 7) is 3.69. The molecule has 0 bridgehead atoms. The maximum atomic E-state index is 13.6. The lowest BCUT2D eigenvalue weighted by atomic mass is 9.96. The van der Waals surface area contributed by atoms with Gasteiger partial charge in [0.2, 0.25) is 0 Å². The normalized spacial score (nSPS) is 15.8. The van der Waals surface area contributed by atoms with Crippen LogP contribution in [0.15, 0.2) is 66.8 Å². The van der Waals surface area contributed by atoms with Crippen molar-refractivity contribution < 1.29 is 14.6 Å². The highest BCUT2D eigenvalue weighted by molar-refractivity contribution is 9.10. The maximum absolute atomic E-state index is 13.6. The number of halogens is 2. The Balaban J connectivity index is 1.97. The van der Waals surface area contributed by atoms with Crippen molar-refractivity contribution in [2.45, 2.75) is 24.8 Å². The standard InChI is InChI=1S/C24H20BrClN2O4S2/c1-4-32-23(31)19-12(2)27-24-28(20(19)13-5-7-16(33-3)8-6-13)22(30)18(34-24)10-14-9-15(26)11-17(25)21(14)29/h5-11,20,29H,4H2,1-3H3/b18-10-/t20-/m0/s1. The van der Waals surface area contributed by atoms with Crippen molar-refractivity contribution in [2.24, 2.45) is 4.99 Å². The Morgan fingerprint density at radius 1 is 1.35 bits per heavy atom. The van der Waals surface area contributed by atoms with Gasteiger partial charge in [0.1, 0.15) is 5.75 Å². The van der Waals surface area contributed by atoms with E-state index in [-0.39, 0.29) is 17.9 Å². The first kappa shape index (κ1) is 24.8. The number of benzene rings is 2. The second-order valence-electron chi connectivity index (χ2n) is 7.40. The minimum atomic E-state index is -0.687. The van der Waals surface area contributed by atoms with Gasteiger partial charge >= 0.3 is 5.97 Å². The number of allylic oxidation sites excluding steroid dienone is 1. The molecular formula is C24H20BrClN2O4S2. The van der Waals surface area contributed by atoms with Gasteiger partial charge in [-0.15, -0.1) is 11.8 Å². The van der Waals surface area contributed by atoms with Crippen molar-refractivity contribution in [1.82, 2.24) is 4.57 Å². The van der Waals surface area contributed by atoms with E-state index < -0.39 is 12.0 Å². The van der Waals surface area contributed by atoms with Crippen LogP contribution >= 0.6 is 50.6 Å². The summed E-state index contributed by atoms with van der Waals surface area (Å²) in [6.07, 6.45) is 3.56. The molecule has 176 valence electrons. The number of aromatic hydroxyl groups is 1. The van der Waals surface area contributed by atoms with Gasteiger partial charge in [-0.05, 0) is 71.9 Å². The van der Waals surface area contributed by atoms with Crippen LogP contribution in [0.4, 0.5) is 0 Å². The van der Waals surface area contributed by atoms with Crippen LogP contribution in [0.5, 0.6) is 5.75 Å². The number of fused-ring (bicyclic) bond motifs is 1. The van der Waals surface area contributed by atoms with E-state index in [4.69, 9.17) is 16.3 Å². The molecule has 2 heterocycles. The lowest BCUT2D eigenvalue weighted by Gasteiger charge is -2.24. The predicted octanol–water partition coefficient (Wildman–Crippen LogP) is 4.64. The zero-order valence-electron chi connectivity index (χ0n) is 18.5. The predicted molar refractivity (Wildman–Crippen MR) is 139 cm³/mol. The number of ether oxygens (including phenoxy) is 1. The lowest BCUT2D eigenvalue weighted by molar-refractivity contribution is -0.139. The van der Waals surface area contributed by atoms with E-state index in [2.05, 4.69) is 20.9 Å². The number of phenolic OH excluding ortho intramolecular Hbond substituents is 1. The summed E-state index contributed by atoms with van der Waals surface area (Å²) in [5.41, 5.74) is 1.67. The minimum Gasteiger partial charge on any atom is -0.506 e. The highest BCUT2D eigenvalue weighted by Gasteiger charge is 2.33.